The summed E-state index contributed by atoms with van der Waals surface area (Å²) in [6.45, 7) is 0. The van der Waals surface area contributed by atoms with E-state index in [0.29, 0.717) is 11.4 Å². The second-order valence-corrected chi connectivity index (χ2v) is 4.48. The second kappa shape index (κ2) is 5.66. The Morgan fingerprint density at radius 1 is 1.37 bits per heavy atom. The van der Waals surface area contributed by atoms with Gasteiger partial charge < -0.3 is 15.8 Å². The van der Waals surface area contributed by atoms with E-state index >= 15 is 0 Å². The molecule has 0 bridgehead atoms. The molecule has 0 atom stereocenters. The van der Waals surface area contributed by atoms with E-state index in [2.05, 4.69) is 31.2 Å². The lowest BCUT2D eigenvalue weighted by atomic mass is 10.3. The molecular weight excluding hydrogens is 312 g/mol. The second-order valence-electron chi connectivity index (χ2n) is 3.63. The van der Waals surface area contributed by atoms with Gasteiger partial charge in [0.1, 0.15) is 17.3 Å². The van der Waals surface area contributed by atoms with Gasteiger partial charge in [-0.3, -0.25) is 4.79 Å². The molecule has 7 heteroatoms. The Kier molecular flexibility index (Phi) is 3.96. The van der Waals surface area contributed by atoms with E-state index < -0.39 is 0 Å². The molecule has 0 saturated heterocycles. The normalized spacial score (nSPS) is 10.0. The molecule has 2 rings (SSSR count). The van der Waals surface area contributed by atoms with Crippen LogP contribution in [0.2, 0.25) is 0 Å². The van der Waals surface area contributed by atoms with E-state index in [1.54, 1.807) is 25.3 Å². The Balaban J connectivity index is 2.21. The molecule has 3 N–H and O–H groups in total. The van der Waals surface area contributed by atoms with Crippen LogP contribution >= 0.6 is 15.9 Å². The predicted molar refractivity (Wildman–Crippen MR) is 75.1 cm³/mol. The van der Waals surface area contributed by atoms with Gasteiger partial charge in [0.2, 0.25) is 0 Å². The number of rotatable bonds is 3. The van der Waals surface area contributed by atoms with Gasteiger partial charge in [0.15, 0.2) is 0 Å². The van der Waals surface area contributed by atoms with Gasteiger partial charge in [0.25, 0.3) is 5.91 Å². The molecule has 0 radical (unpaired) electrons. The van der Waals surface area contributed by atoms with E-state index in [1.807, 2.05) is 0 Å². The Bertz CT molecular complexity index is 601. The van der Waals surface area contributed by atoms with Gasteiger partial charge in [-0.1, -0.05) is 0 Å². The number of hydrogen-bond donors (Lipinski definition) is 2. The van der Waals surface area contributed by atoms with Crippen molar-refractivity contribution in [1.29, 1.82) is 0 Å². The average molecular weight is 323 g/mol. The van der Waals surface area contributed by atoms with E-state index in [0.717, 1.165) is 4.47 Å². The fourth-order valence-corrected chi connectivity index (χ4v) is 1.71. The molecule has 1 aromatic heterocycles. The van der Waals surface area contributed by atoms with Crippen molar-refractivity contribution in [2.45, 2.75) is 0 Å². The number of aromatic nitrogens is 2. The molecule has 1 amide bonds. The minimum Gasteiger partial charge on any atom is -0.497 e. The maximum Gasteiger partial charge on any atom is 0.275 e. The number of nitrogens with one attached hydrogen (secondary N) is 1. The van der Waals surface area contributed by atoms with Gasteiger partial charge >= 0.3 is 0 Å². The van der Waals surface area contributed by atoms with Crippen LogP contribution in [0.5, 0.6) is 5.75 Å². The van der Waals surface area contributed by atoms with Crippen LogP contribution in [0.25, 0.3) is 0 Å². The average Bonchev–Trinajstić information content (AvgIpc) is 2.42. The number of nitrogen functional groups attached to an aromatic ring is 1. The molecule has 1 aromatic carbocycles. The quantitative estimate of drug-likeness (QED) is 0.902. The number of methoxy groups -OCH3 is 1. The van der Waals surface area contributed by atoms with Crippen molar-refractivity contribution < 1.29 is 9.53 Å². The first-order valence-corrected chi connectivity index (χ1v) is 6.12. The number of carbonyl (C=O) groups excluding carboxylic acids is 1. The monoisotopic (exact) mass is 322 g/mol. The highest BCUT2D eigenvalue weighted by molar-refractivity contribution is 9.10. The molecule has 2 aromatic rings. The number of amides is 1. The summed E-state index contributed by atoms with van der Waals surface area (Å²) < 4.78 is 5.84. The summed E-state index contributed by atoms with van der Waals surface area (Å²) in [4.78, 5) is 19.7. The van der Waals surface area contributed by atoms with E-state index in [1.165, 1.54) is 12.4 Å². The van der Waals surface area contributed by atoms with Gasteiger partial charge in [-0.05, 0) is 28.1 Å². The lowest BCUT2D eigenvalue weighted by Gasteiger charge is -2.08. The van der Waals surface area contributed by atoms with Crippen molar-refractivity contribution in [2.24, 2.45) is 0 Å². The summed E-state index contributed by atoms with van der Waals surface area (Å²) in [5.41, 5.74) is 6.18. The van der Waals surface area contributed by atoms with Crippen LogP contribution in [0, 0.1) is 0 Å². The lowest BCUT2D eigenvalue weighted by molar-refractivity contribution is 0.102. The number of ether oxygens (including phenoxy) is 1. The van der Waals surface area contributed by atoms with E-state index in [-0.39, 0.29) is 17.4 Å². The third kappa shape index (κ3) is 3.19. The minimum atomic E-state index is -0.374. The van der Waals surface area contributed by atoms with Gasteiger partial charge in [-0.15, -0.1) is 0 Å². The smallest absolute Gasteiger partial charge is 0.275 e. The largest absolute Gasteiger partial charge is 0.497 e. The number of halogens is 1. The van der Waals surface area contributed by atoms with Crippen molar-refractivity contribution in [1.82, 2.24) is 9.97 Å². The SMILES string of the molecule is COc1ccc(Br)c(NC(=O)c2cnc(N)cn2)c1. The van der Waals surface area contributed by atoms with E-state index in [4.69, 9.17) is 10.5 Å². The fraction of sp³-hybridized carbons (Fsp3) is 0.0833. The Labute approximate surface area is 118 Å². The summed E-state index contributed by atoms with van der Waals surface area (Å²) in [7, 11) is 1.56. The topological polar surface area (TPSA) is 90.1 Å². The van der Waals surface area contributed by atoms with Crippen molar-refractivity contribution in [3.63, 3.8) is 0 Å². The minimum absolute atomic E-state index is 0.184. The van der Waals surface area contributed by atoms with Crippen LogP contribution in [0.4, 0.5) is 11.5 Å². The molecule has 0 unspecified atom stereocenters. The number of benzene rings is 1. The zero-order chi connectivity index (χ0) is 13.8. The zero-order valence-corrected chi connectivity index (χ0v) is 11.6. The number of carbonyl (C=O) groups is 1. The lowest BCUT2D eigenvalue weighted by Crippen LogP contribution is -2.14. The van der Waals surface area contributed by atoms with Gasteiger partial charge in [0.05, 0.1) is 25.2 Å². The molecule has 0 saturated carbocycles. The molecule has 19 heavy (non-hydrogen) atoms. The summed E-state index contributed by atoms with van der Waals surface area (Å²) in [6, 6.07) is 5.26. The first kappa shape index (κ1) is 13.3. The van der Waals surface area contributed by atoms with Crippen LogP contribution < -0.4 is 15.8 Å². The van der Waals surface area contributed by atoms with Gasteiger partial charge in [0, 0.05) is 10.5 Å². The molecule has 1 heterocycles. The first-order valence-electron chi connectivity index (χ1n) is 5.32. The number of nitrogens with two attached hydrogens (primary N) is 1. The Hall–Kier alpha value is -2.15. The van der Waals surface area contributed by atoms with Crippen LogP contribution in [-0.4, -0.2) is 23.0 Å². The molecule has 0 aliphatic rings. The van der Waals surface area contributed by atoms with Crippen molar-refractivity contribution in [2.75, 3.05) is 18.2 Å². The highest BCUT2D eigenvalue weighted by atomic mass is 79.9. The summed E-state index contributed by atoms with van der Waals surface area (Å²) in [5, 5.41) is 2.71. The van der Waals surface area contributed by atoms with E-state index in [9.17, 15) is 4.79 Å². The molecule has 0 aliphatic heterocycles. The van der Waals surface area contributed by atoms with Crippen molar-refractivity contribution >= 4 is 33.3 Å². The number of hydrogen-bond acceptors (Lipinski definition) is 5. The highest BCUT2D eigenvalue weighted by Crippen LogP contribution is 2.27. The molecule has 6 nitrogen and oxygen atoms in total. The predicted octanol–water partition coefficient (Wildman–Crippen LogP) is 2.08. The third-order valence-electron chi connectivity index (χ3n) is 2.33. The Morgan fingerprint density at radius 2 is 2.16 bits per heavy atom. The van der Waals surface area contributed by atoms with Crippen LogP contribution in [-0.2, 0) is 0 Å². The van der Waals surface area contributed by atoms with Gasteiger partial charge in [-0.2, -0.15) is 0 Å². The molecule has 98 valence electrons. The summed E-state index contributed by atoms with van der Waals surface area (Å²) in [5.74, 6) is 0.530. The molecule has 0 aliphatic carbocycles. The molecule has 0 spiro atoms. The van der Waals surface area contributed by atoms with Crippen molar-refractivity contribution in [3.05, 3.63) is 40.8 Å². The summed E-state index contributed by atoms with van der Waals surface area (Å²) in [6.07, 6.45) is 2.65. The number of nitrogens with zero attached hydrogens (tertiary/aromatic N) is 2. The van der Waals surface area contributed by atoms with Crippen LogP contribution in [0.3, 0.4) is 0 Å². The van der Waals surface area contributed by atoms with Crippen LogP contribution in [0.1, 0.15) is 10.5 Å². The third-order valence-corrected chi connectivity index (χ3v) is 3.02. The maximum atomic E-state index is 12.0. The standard InChI is InChI=1S/C12H11BrN4O2/c1-19-7-2-3-8(13)9(4-7)17-12(18)10-5-16-11(14)6-15-10/h2-6H,1H3,(H2,14,16)(H,17,18). The fourth-order valence-electron chi connectivity index (χ4n) is 1.37. The number of anilines is 2. The van der Waals surface area contributed by atoms with Gasteiger partial charge in [-0.25, -0.2) is 9.97 Å². The molecular formula is C12H11BrN4O2. The maximum absolute atomic E-state index is 12.0. The molecule has 0 fully saturated rings. The first-order chi connectivity index (χ1) is 9.10. The Morgan fingerprint density at radius 3 is 2.79 bits per heavy atom. The zero-order valence-electron chi connectivity index (χ0n) is 10.1. The highest BCUT2D eigenvalue weighted by Gasteiger charge is 2.10. The van der Waals surface area contributed by atoms with Crippen molar-refractivity contribution in [3.8, 4) is 5.75 Å². The summed E-state index contributed by atoms with van der Waals surface area (Å²) >= 11 is 3.35. The van der Waals surface area contributed by atoms with Crippen LogP contribution in [0.15, 0.2) is 35.1 Å².